The van der Waals surface area contributed by atoms with Crippen molar-refractivity contribution in [1.29, 1.82) is 0 Å². The Morgan fingerprint density at radius 1 is 0.933 bits per heavy atom. The highest BCUT2D eigenvalue weighted by Crippen LogP contribution is 2.23. The molecule has 0 aliphatic heterocycles. The first kappa shape index (κ1) is 21.1. The zero-order chi connectivity index (χ0) is 21.7. The number of carboxylic acids is 1. The third kappa shape index (κ3) is 5.27. The molecule has 3 N–H and O–H groups in total. The molecule has 0 unspecified atom stereocenters. The highest BCUT2D eigenvalue weighted by molar-refractivity contribution is 6.42. The van der Waals surface area contributed by atoms with Gasteiger partial charge in [0.1, 0.15) is 0 Å². The molecule has 0 aliphatic rings. The number of rotatable bonds is 6. The number of carboxylic acid groups (broad SMARTS) is 1. The van der Waals surface area contributed by atoms with Gasteiger partial charge in [0.05, 0.1) is 12.1 Å². The minimum absolute atomic E-state index is 0.107. The van der Waals surface area contributed by atoms with Crippen LogP contribution in [0.25, 0.3) is 11.3 Å². The highest BCUT2D eigenvalue weighted by atomic mass is 35.5. The van der Waals surface area contributed by atoms with Gasteiger partial charge in [-0.05, 0) is 43.3 Å². The van der Waals surface area contributed by atoms with E-state index in [0.29, 0.717) is 22.1 Å². The lowest BCUT2D eigenvalue weighted by Crippen LogP contribution is -2.35. The fourth-order valence-electron chi connectivity index (χ4n) is 2.86. The number of anilines is 1. The number of hydrogen-bond donors (Lipinski definition) is 3. The minimum Gasteiger partial charge on any atom is -0.481 e. The van der Waals surface area contributed by atoms with E-state index in [4.69, 9.17) is 16.7 Å². The van der Waals surface area contributed by atoms with Crippen LogP contribution in [0.4, 0.5) is 5.69 Å². The molecule has 0 saturated heterocycles. The molecule has 0 radical (unpaired) electrons. The summed E-state index contributed by atoms with van der Waals surface area (Å²) in [7, 11) is 0. The van der Waals surface area contributed by atoms with E-state index in [2.05, 4.69) is 10.7 Å². The lowest BCUT2D eigenvalue weighted by Gasteiger charge is -2.15. The van der Waals surface area contributed by atoms with Crippen molar-refractivity contribution in [2.24, 2.45) is 0 Å². The average molecular weight is 426 g/mol. The van der Waals surface area contributed by atoms with Gasteiger partial charge in [0.15, 0.2) is 0 Å². The van der Waals surface area contributed by atoms with Gasteiger partial charge in [-0.25, -0.2) is 0 Å². The van der Waals surface area contributed by atoms with Crippen molar-refractivity contribution in [3.05, 3.63) is 76.9 Å². The van der Waals surface area contributed by atoms with Gasteiger partial charge in [-0.1, -0.05) is 41.4 Å². The van der Waals surface area contributed by atoms with Crippen LogP contribution >= 0.6 is 11.6 Å². The number of aryl methyl sites for hydroxylation is 2. The largest absolute Gasteiger partial charge is 0.481 e. The molecule has 2 aromatic carbocycles. The van der Waals surface area contributed by atoms with Gasteiger partial charge in [-0.2, -0.15) is 0 Å². The maximum absolute atomic E-state index is 12.5. The van der Waals surface area contributed by atoms with E-state index in [9.17, 15) is 14.4 Å². The topological polar surface area (TPSA) is 100 Å². The van der Waals surface area contributed by atoms with Crippen LogP contribution in [0.1, 0.15) is 17.7 Å². The number of aliphatic carboxylic acids is 1. The predicted octanol–water partition coefficient (Wildman–Crippen LogP) is 3.84. The molecular formula is C22H20ClN3O4. The van der Waals surface area contributed by atoms with E-state index < -0.39 is 17.8 Å². The van der Waals surface area contributed by atoms with E-state index in [-0.39, 0.29) is 12.8 Å². The first-order valence-corrected chi connectivity index (χ1v) is 9.58. The number of carbonyl (C=O) groups is 3. The van der Waals surface area contributed by atoms with Crippen LogP contribution in [0.3, 0.4) is 0 Å². The smallest absolute Gasteiger partial charge is 0.328 e. The number of nitrogens with one attached hydrogen (secondary N) is 2. The molecule has 0 saturated carbocycles. The lowest BCUT2D eigenvalue weighted by molar-refractivity contribution is -0.137. The molecule has 1 heterocycles. The minimum atomic E-state index is -0.952. The van der Waals surface area contributed by atoms with Crippen LogP contribution in [0, 0.1) is 6.92 Å². The molecule has 2 amide bonds. The number of benzene rings is 2. The molecule has 0 aliphatic carbocycles. The number of carbonyl (C=O) groups excluding carboxylic acids is 2. The van der Waals surface area contributed by atoms with Crippen LogP contribution in [0.15, 0.2) is 60.7 Å². The summed E-state index contributed by atoms with van der Waals surface area (Å²) in [6.07, 6.45) is 0.0878. The Labute approximate surface area is 178 Å². The molecule has 1 aromatic heterocycles. The van der Waals surface area contributed by atoms with Gasteiger partial charge in [0.2, 0.25) is 0 Å². The third-order valence-electron chi connectivity index (χ3n) is 4.43. The summed E-state index contributed by atoms with van der Waals surface area (Å²) in [6, 6.07) is 17.5. The maximum Gasteiger partial charge on any atom is 0.328 e. The molecule has 30 heavy (non-hydrogen) atoms. The standard InChI is InChI=1S/C22H20ClN3O4/c1-14-2-4-15(5-3-14)19-12-10-18(11-13-20(27)28)26(19)25-22(30)21(29)24-17-8-6-16(23)7-9-17/h2-10,12H,11,13H2,1H3,(H,24,29)(H,25,30)(H,27,28). The molecule has 0 fully saturated rings. The molecular weight excluding hydrogens is 406 g/mol. The first-order valence-electron chi connectivity index (χ1n) is 9.21. The second-order valence-electron chi connectivity index (χ2n) is 6.71. The van der Waals surface area contributed by atoms with Gasteiger partial charge < -0.3 is 10.4 Å². The average Bonchev–Trinajstić information content (AvgIpc) is 3.11. The van der Waals surface area contributed by atoms with Crippen molar-refractivity contribution in [2.45, 2.75) is 19.8 Å². The Hall–Kier alpha value is -3.58. The summed E-state index contributed by atoms with van der Waals surface area (Å²) in [5, 5.41) is 12.0. The van der Waals surface area contributed by atoms with Gasteiger partial charge in [0, 0.05) is 28.4 Å². The van der Waals surface area contributed by atoms with Crippen LogP contribution in [0.2, 0.25) is 5.02 Å². The lowest BCUT2D eigenvalue weighted by atomic mass is 10.1. The van der Waals surface area contributed by atoms with Gasteiger partial charge in [0.25, 0.3) is 0 Å². The normalized spacial score (nSPS) is 10.5. The summed E-state index contributed by atoms with van der Waals surface area (Å²) in [5.74, 6) is -2.69. The Balaban J connectivity index is 1.84. The molecule has 7 nitrogen and oxygen atoms in total. The zero-order valence-corrected chi connectivity index (χ0v) is 16.9. The predicted molar refractivity (Wildman–Crippen MR) is 115 cm³/mol. The summed E-state index contributed by atoms with van der Waals surface area (Å²) >= 11 is 5.82. The van der Waals surface area contributed by atoms with Gasteiger partial charge in [-0.3, -0.25) is 24.5 Å². The zero-order valence-electron chi connectivity index (χ0n) is 16.2. The molecule has 154 valence electrons. The number of halogens is 1. The number of aromatic nitrogens is 1. The molecule has 8 heteroatoms. The van der Waals surface area contributed by atoms with E-state index >= 15 is 0 Å². The van der Waals surface area contributed by atoms with Crippen molar-refractivity contribution >= 4 is 35.1 Å². The maximum atomic E-state index is 12.5. The Morgan fingerprint density at radius 2 is 1.60 bits per heavy atom. The van der Waals surface area contributed by atoms with Crippen molar-refractivity contribution in [1.82, 2.24) is 4.68 Å². The van der Waals surface area contributed by atoms with Crippen LogP contribution in [-0.2, 0) is 20.8 Å². The van der Waals surface area contributed by atoms with Crippen molar-refractivity contribution in [3.63, 3.8) is 0 Å². The van der Waals surface area contributed by atoms with Crippen molar-refractivity contribution in [2.75, 3.05) is 10.7 Å². The summed E-state index contributed by atoms with van der Waals surface area (Å²) in [4.78, 5) is 35.8. The Kier molecular flexibility index (Phi) is 6.54. The third-order valence-corrected chi connectivity index (χ3v) is 4.68. The molecule has 3 aromatic rings. The van der Waals surface area contributed by atoms with Crippen LogP contribution < -0.4 is 10.7 Å². The number of amides is 2. The second-order valence-corrected chi connectivity index (χ2v) is 7.14. The summed E-state index contributed by atoms with van der Waals surface area (Å²) < 4.78 is 1.46. The molecule has 0 bridgehead atoms. The number of nitrogens with zero attached hydrogens (tertiary/aromatic N) is 1. The van der Waals surface area contributed by atoms with Crippen molar-refractivity contribution < 1.29 is 19.5 Å². The SMILES string of the molecule is Cc1ccc(-c2ccc(CCC(=O)O)n2NC(=O)C(=O)Nc2ccc(Cl)cc2)cc1. The van der Waals surface area contributed by atoms with E-state index in [1.54, 1.807) is 36.4 Å². The second kappa shape index (κ2) is 9.28. The fraction of sp³-hybridized carbons (Fsp3) is 0.136. The molecule has 3 rings (SSSR count). The molecule has 0 atom stereocenters. The van der Waals surface area contributed by atoms with E-state index in [0.717, 1.165) is 11.1 Å². The summed E-state index contributed by atoms with van der Waals surface area (Å²) in [6.45, 7) is 1.96. The monoisotopic (exact) mass is 425 g/mol. The number of hydrogen-bond acceptors (Lipinski definition) is 3. The van der Waals surface area contributed by atoms with E-state index in [1.807, 2.05) is 31.2 Å². The quantitative estimate of drug-likeness (QED) is 0.522. The van der Waals surface area contributed by atoms with Gasteiger partial charge >= 0.3 is 17.8 Å². The summed E-state index contributed by atoms with van der Waals surface area (Å²) in [5.41, 5.74) is 6.11. The Bertz CT molecular complexity index is 1070. The first-order chi connectivity index (χ1) is 14.3. The van der Waals surface area contributed by atoms with Crippen molar-refractivity contribution in [3.8, 4) is 11.3 Å². The van der Waals surface area contributed by atoms with Gasteiger partial charge in [-0.15, -0.1) is 0 Å². The fourth-order valence-corrected chi connectivity index (χ4v) is 2.99. The molecule has 0 spiro atoms. The van der Waals surface area contributed by atoms with Crippen LogP contribution in [0.5, 0.6) is 0 Å². The highest BCUT2D eigenvalue weighted by Gasteiger charge is 2.18. The Morgan fingerprint density at radius 3 is 2.23 bits per heavy atom. The van der Waals surface area contributed by atoms with Crippen LogP contribution in [-0.4, -0.2) is 27.6 Å². The van der Waals surface area contributed by atoms with E-state index in [1.165, 1.54) is 4.68 Å².